The SMILES string of the molecule is CCOC(=O)c1cnn(-c2ccc(C(=O)NCCCOC(C)C)cc2)c1C. The quantitative estimate of drug-likeness (QED) is 0.540. The van der Waals surface area contributed by atoms with Gasteiger partial charge < -0.3 is 14.8 Å². The molecule has 0 aliphatic heterocycles. The molecule has 1 aromatic heterocycles. The van der Waals surface area contributed by atoms with Crippen molar-refractivity contribution in [2.75, 3.05) is 19.8 Å². The van der Waals surface area contributed by atoms with Crippen molar-refractivity contribution in [3.63, 3.8) is 0 Å². The molecule has 0 spiro atoms. The topological polar surface area (TPSA) is 82.5 Å². The van der Waals surface area contributed by atoms with Gasteiger partial charge in [-0.25, -0.2) is 9.48 Å². The van der Waals surface area contributed by atoms with Gasteiger partial charge in [0.25, 0.3) is 5.91 Å². The molecule has 0 radical (unpaired) electrons. The monoisotopic (exact) mass is 373 g/mol. The van der Waals surface area contributed by atoms with E-state index < -0.39 is 5.97 Å². The molecule has 7 heteroatoms. The Bertz CT molecular complexity index is 766. The molecule has 7 nitrogen and oxygen atoms in total. The third kappa shape index (κ3) is 5.65. The lowest BCUT2D eigenvalue weighted by Gasteiger charge is -2.09. The average molecular weight is 373 g/mol. The number of hydrogen-bond acceptors (Lipinski definition) is 5. The lowest BCUT2D eigenvalue weighted by molar-refractivity contribution is 0.0525. The first kappa shape index (κ1) is 20.6. The highest BCUT2D eigenvalue weighted by Crippen LogP contribution is 2.16. The highest BCUT2D eigenvalue weighted by atomic mass is 16.5. The highest BCUT2D eigenvalue weighted by Gasteiger charge is 2.16. The first-order chi connectivity index (χ1) is 12.9. The van der Waals surface area contributed by atoms with Crippen LogP contribution in [-0.4, -0.2) is 47.5 Å². The number of nitrogens with one attached hydrogen (secondary N) is 1. The van der Waals surface area contributed by atoms with Crippen molar-refractivity contribution in [3.8, 4) is 5.69 Å². The normalized spacial score (nSPS) is 10.9. The number of benzene rings is 1. The van der Waals surface area contributed by atoms with E-state index in [-0.39, 0.29) is 12.0 Å². The van der Waals surface area contributed by atoms with Gasteiger partial charge in [-0.3, -0.25) is 4.79 Å². The van der Waals surface area contributed by atoms with E-state index in [9.17, 15) is 9.59 Å². The number of rotatable bonds is 9. The van der Waals surface area contributed by atoms with Crippen LogP contribution in [0.3, 0.4) is 0 Å². The van der Waals surface area contributed by atoms with Crippen LogP contribution < -0.4 is 5.32 Å². The fourth-order valence-electron chi connectivity index (χ4n) is 2.53. The van der Waals surface area contributed by atoms with Gasteiger partial charge in [-0.05, 0) is 58.4 Å². The summed E-state index contributed by atoms with van der Waals surface area (Å²) in [6.45, 7) is 9.04. The van der Waals surface area contributed by atoms with E-state index in [1.807, 2.05) is 13.8 Å². The molecule has 0 saturated heterocycles. The van der Waals surface area contributed by atoms with E-state index in [2.05, 4.69) is 10.4 Å². The van der Waals surface area contributed by atoms with Gasteiger partial charge in [0, 0.05) is 18.7 Å². The first-order valence-corrected chi connectivity index (χ1v) is 9.16. The van der Waals surface area contributed by atoms with E-state index in [0.717, 1.165) is 12.1 Å². The molecule has 2 aromatic rings. The lowest BCUT2D eigenvalue weighted by atomic mass is 10.2. The molecule has 1 heterocycles. The third-order valence-electron chi connectivity index (χ3n) is 3.94. The minimum Gasteiger partial charge on any atom is -0.462 e. The Labute approximate surface area is 159 Å². The molecular weight excluding hydrogens is 346 g/mol. The second-order valence-electron chi connectivity index (χ2n) is 6.35. The van der Waals surface area contributed by atoms with Crippen LogP contribution in [0.25, 0.3) is 5.69 Å². The zero-order valence-electron chi connectivity index (χ0n) is 16.3. The summed E-state index contributed by atoms with van der Waals surface area (Å²) in [5, 5.41) is 7.12. The van der Waals surface area contributed by atoms with Crippen molar-refractivity contribution in [2.45, 2.75) is 40.2 Å². The van der Waals surface area contributed by atoms with Crippen LogP contribution in [0.1, 0.15) is 53.6 Å². The Morgan fingerprint density at radius 3 is 2.56 bits per heavy atom. The molecule has 1 aromatic carbocycles. The Kier molecular flexibility index (Phi) is 7.55. The molecule has 0 fully saturated rings. The number of aromatic nitrogens is 2. The van der Waals surface area contributed by atoms with Crippen LogP contribution >= 0.6 is 0 Å². The van der Waals surface area contributed by atoms with Crippen LogP contribution in [0.2, 0.25) is 0 Å². The summed E-state index contributed by atoms with van der Waals surface area (Å²) in [4.78, 5) is 24.1. The predicted octanol–water partition coefficient (Wildman–Crippen LogP) is 2.90. The number of amides is 1. The summed E-state index contributed by atoms with van der Waals surface area (Å²) in [7, 11) is 0. The minimum absolute atomic E-state index is 0.129. The van der Waals surface area contributed by atoms with Crippen LogP contribution in [0.15, 0.2) is 30.5 Å². The molecule has 146 valence electrons. The van der Waals surface area contributed by atoms with Gasteiger partial charge in [-0.15, -0.1) is 0 Å². The number of hydrogen-bond donors (Lipinski definition) is 1. The molecule has 0 bridgehead atoms. The van der Waals surface area contributed by atoms with Crippen molar-refractivity contribution in [1.82, 2.24) is 15.1 Å². The molecular formula is C20H27N3O4. The molecule has 1 N–H and O–H groups in total. The first-order valence-electron chi connectivity index (χ1n) is 9.16. The number of esters is 1. The van der Waals surface area contributed by atoms with Gasteiger partial charge in [0.15, 0.2) is 0 Å². The minimum atomic E-state index is -0.390. The van der Waals surface area contributed by atoms with Gasteiger partial charge >= 0.3 is 5.97 Å². The van der Waals surface area contributed by atoms with E-state index in [1.54, 1.807) is 42.8 Å². The summed E-state index contributed by atoms with van der Waals surface area (Å²) in [5.41, 5.74) is 2.46. The van der Waals surface area contributed by atoms with Gasteiger partial charge in [0.2, 0.25) is 0 Å². The number of carbonyl (C=O) groups excluding carboxylic acids is 2. The molecule has 27 heavy (non-hydrogen) atoms. The average Bonchev–Trinajstić information content (AvgIpc) is 3.03. The van der Waals surface area contributed by atoms with Crippen molar-refractivity contribution < 1.29 is 19.1 Å². The van der Waals surface area contributed by atoms with E-state index in [4.69, 9.17) is 9.47 Å². The van der Waals surface area contributed by atoms with Crippen LogP contribution in [-0.2, 0) is 9.47 Å². The summed E-state index contributed by atoms with van der Waals surface area (Å²) in [6.07, 6.45) is 2.46. The summed E-state index contributed by atoms with van der Waals surface area (Å²) in [6, 6.07) is 7.07. The molecule has 0 unspecified atom stereocenters. The molecule has 0 atom stereocenters. The highest BCUT2D eigenvalue weighted by molar-refractivity contribution is 5.94. The van der Waals surface area contributed by atoms with E-state index >= 15 is 0 Å². The summed E-state index contributed by atoms with van der Waals surface area (Å²) in [5.74, 6) is -0.519. The molecule has 2 rings (SSSR count). The molecule has 1 amide bonds. The Morgan fingerprint density at radius 1 is 1.22 bits per heavy atom. The third-order valence-corrected chi connectivity index (χ3v) is 3.94. The smallest absolute Gasteiger partial charge is 0.341 e. The number of ether oxygens (including phenoxy) is 2. The molecule has 0 aliphatic rings. The van der Waals surface area contributed by atoms with Crippen molar-refractivity contribution in [1.29, 1.82) is 0 Å². The number of carbonyl (C=O) groups is 2. The van der Waals surface area contributed by atoms with E-state index in [0.29, 0.717) is 36.6 Å². The van der Waals surface area contributed by atoms with Gasteiger partial charge in [-0.2, -0.15) is 5.10 Å². The second kappa shape index (κ2) is 9.87. The van der Waals surface area contributed by atoms with Crippen LogP contribution in [0.4, 0.5) is 0 Å². The number of nitrogens with zero attached hydrogens (tertiary/aromatic N) is 2. The zero-order chi connectivity index (χ0) is 19.8. The standard InChI is InChI=1S/C20H27N3O4/c1-5-26-20(25)18-13-22-23(15(18)4)17-9-7-16(8-10-17)19(24)21-11-6-12-27-14(2)3/h7-10,13-14H,5-6,11-12H2,1-4H3,(H,21,24). The maximum atomic E-state index is 12.2. The van der Waals surface area contributed by atoms with Crippen molar-refractivity contribution in [2.24, 2.45) is 0 Å². The van der Waals surface area contributed by atoms with Gasteiger partial charge in [0.05, 0.1) is 30.3 Å². The molecule has 0 aliphatic carbocycles. The zero-order valence-corrected chi connectivity index (χ0v) is 16.3. The molecule has 0 saturated carbocycles. The summed E-state index contributed by atoms with van der Waals surface area (Å²) < 4.78 is 12.1. The summed E-state index contributed by atoms with van der Waals surface area (Å²) >= 11 is 0. The van der Waals surface area contributed by atoms with Gasteiger partial charge in [-0.1, -0.05) is 0 Å². The maximum Gasteiger partial charge on any atom is 0.341 e. The van der Waals surface area contributed by atoms with Crippen molar-refractivity contribution in [3.05, 3.63) is 47.3 Å². The Hall–Kier alpha value is -2.67. The predicted molar refractivity (Wildman–Crippen MR) is 102 cm³/mol. The fraction of sp³-hybridized carbons (Fsp3) is 0.450. The second-order valence-corrected chi connectivity index (χ2v) is 6.35. The fourth-order valence-corrected chi connectivity index (χ4v) is 2.53. The van der Waals surface area contributed by atoms with Crippen molar-refractivity contribution >= 4 is 11.9 Å². The van der Waals surface area contributed by atoms with Gasteiger partial charge in [0.1, 0.15) is 5.56 Å². The largest absolute Gasteiger partial charge is 0.462 e. The van der Waals surface area contributed by atoms with Crippen LogP contribution in [0.5, 0.6) is 0 Å². The Balaban J connectivity index is 1.97. The van der Waals surface area contributed by atoms with Crippen LogP contribution in [0, 0.1) is 6.92 Å². The van der Waals surface area contributed by atoms with E-state index in [1.165, 1.54) is 6.20 Å². The maximum absolute atomic E-state index is 12.2. The lowest BCUT2D eigenvalue weighted by Crippen LogP contribution is -2.25. The Morgan fingerprint density at radius 2 is 1.93 bits per heavy atom.